The molecule has 1 N–H and O–H groups in total. The van der Waals surface area contributed by atoms with E-state index in [2.05, 4.69) is 33.1 Å². The minimum atomic E-state index is -0.160. The fourth-order valence-electron chi connectivity index (χ4n) is 3.90. The van der Waals surface area contributed by atoms with Crippen LogP contribution in [0.25, 0.3) is 22.0 Å². The van der Waals surface area contributed by atoms with Gasteiger partial charge in [0.15, 0.2) is 0 Å². The normalized spacial score (nSPS) is 10.9. The first kappa shape index (κ1) is 21.5. The number of ether oxygens (including phenoxy) is 1. The molecule has 168 valence electrons. The van der Waals surface area contributed by atoms with Crippen LogP contribution < -0.4 is 10.1 Å². The quantitative estimate of drug-likeness (QED) is 0.329. The number of hydrogen-bond acceptors (Lipinski definition) is 3. The lowest BCUT2D eigenvalue weighted by atomic mass is 10.0. The Hall–Kier alpha value is -4.38. The molecule has 5 heteroatoms. The average molecular weight is 448 g/mol. The predicted molar refractivity (Wildman–Crippen MR) is 136 cm³/mol. The van der Waals surface area contributed by atoms with Gasteiger partial charge in [-0.1, -0.05) is 48.5 Å². The molecular weight excluding hydrogens is 422 g/mol. The maximum atomic E-state index is 12.8. The van der Waals surface area contributed by atoms with Crippen LogP contribution in [0.15, 0.2) is 97.2 Å². The van der Waals surface area contributed by atoms with Gasteiger partial charge in [-0.25, -0.2) is 4.98 Å². The fraction of sp³-hybridized carbons (Fsp3) is 0.103. The second-order valence-corrected chi connectivity index (χ2v) is 8.28. The lowest BCUT2D eigenvalue weighted by molar-refractivity contribution is 0.102. The van der Waals surface area contributed by atoms with Gasteiger partial charge in [0.05, 0.1) is 11.9 Å². The molecule has 0 radical (unpaired) electrons. The molecule has 5 nitrogen and oxygen atoms in total. The molecule has 1 heterocycles. The molecule has 5 rings (SSSR count). The third-order valence-corrected chi connectivity index (χ3v) is 5.98. The van der Waals surface area contributed by atoms with Gasteiger partial charge in [-0.15, -0.1) is 0 Å². The molecule has 0 saturated heterocycles. The van der Waals surface area contributed by atoms with E-state index in [1.54, 1.807) is 12.1 Å². The molecule has 1 aromatic heterocycles. The number of nitrogens with zero attached hydrogens (tertiary/aromatic N) is 2. The first-order valence-electron chi connectivity index (χ1n) is 11.2. The van der Waals surface area contributed by atoms with Crippen LogP contribution in [0, 0.1) is 6.92 Å². The molecule has 0 unspecified atom stereocenters. The first-order chi connectivity index (χ1) is 16.6. The lowest BCUT2D eigenvalue weighted by Gasteiger charge is -2.10. The molecule has 0 saturated carbocycles. The van der Waals surface area contributed by atoms with Crippen LogP contribution in [0.2, 0.25) is 0 Å². The second kappa shape index (κ2) is 9.24. The fourth-order valence-corrected chi connectivity index (χ4v) is 3.90. The Bertz CT molecular complexity index is 1450. The number of aryl methyl sites for hydroxylation is 1. The summed E-state index contributed by atoms with van der Waals surface area (Å²) in [5.74, 6) is 1.53. The zero-order valence-corrected chi connectivity index (χ0v) is 19.2. The van der Waals surface area contributed by atoms with Crippen LogP contribution >= 0.6 is 0 Å². The number of nitrogens with one attached hydrogen (secondary N) is 1. The van der Waals surface area contributed by atoms with Crippen molar-refractivity contribution >= 4 is 22.4 Å². The van der Waals surface area contributed by atoms with Crippen LogP contribution in [0.3, 0.4) is 0 Å². The molecule has 1 amide bonds. The molecule has 4 aromatic carbocycles. The van der Waals surface area contributed by atoms with Crippen molar-refractivity contribution in [2.24, 2.45) is 7.05 Å². The number of amides is 1. The summed E-state index contributed by atoms with van der Waals surface area (Å²) in [5.41, 5.74) is 4.57. The van der Waals surface area contributed by atoms with E-state index in [4.69, 9.17) is 4.74 Å². The van der Waals surface area contributed by atoms with E-state index in [9.17, 15) is 4.79 Å². The molecule has 5 aromatic rings. The molecule has 0 aliphatic rings. The number of imidazole rings is 1. The maximum absolute atomic E-state index is 12.8. The lowest BCUT2D eigenvalue weighted by Crippen LogP contribution is -2.11. The highest BCUT2D eigenvalue weighted by atomic mass is 16.5. The third-order valence-electron chi connectivity index (χ3n) is 5.98. The predicted octanol–water partition coefficient (Wildman–Crippen LogP) is 6.38. The Balaban J connectivity index is 1.29. The number of aromatic nitrogens is 2. The van der Waals surface area contributed by atoms with Gasteiger partial charge < -0.3 is 14.6 Å². The first-order valence-corrected chi connectivity index (χ1v) is 11.2. The van der Waals surface area contributed by atoms with Crippen LogP contribution in [0.1, 0.15) is 21.7 Å². The summed E-state index contributed by atoms with van der Waals surface area (Å²) >= 11 is 0. The molecule has 0 atom stereocenters. The van der Waals surface area contributed by atoms with Gasteiger partial charge in [0.1, 0.15) is 18.2 Å². The van der Waals surface area contributed by atoms with Crippen molar-refractivity contribution in [3.8, 4) is 17.0 Å². The second-order valence-electron chi connectivity index (χ2n) is 8.28. The Morgan fingerprint density at radius 3 is 2.41 bits per heavy atom. The number of benzene rings is 4. The van der Waals surface area contributed by atoms with Crippen molar-refractivity contribution in [2.45, 2.75) is 13.5 Å². The van der Waals surface area contributed by atoms with Crippen molar-refractivity contribution in [1.82, 2.24) is 9.55 Å². The van der Waals surface area contributed by atoms with Crippen LogP contribution in [0.4, 0.5) is 5.69 Å². The number of fused-ring (bicyclic) bond motifs is 1. The standard InChI is InChI=1S/C29H25N3O2/c1-20-30-18-28(32(20)2)24-9-8-22-10-13-26(17-25(22)16-24)31-29(33)23-11-14-27(15-12-23)34-19-21-6-4-3-5-7-21/h3-18H,19H2,1-2H3,(H,31,33). The molecule has 0 spiro atoms. The summed E-state index contributed by atoms with van der Waals surface area (Å²) < 4.78 is 7.88. The number of rotatable bonds is 6. The van der Waals surface area contributed by atoms with E-state index in [-0.39, 0.29) is 5.91 Å². The Morgan fingerprint density at radius 1 is 0.912 bits per heavy atom. The third kappa shape index (κ3) is 4.55. The van der Waals surface area contributed by atoms with Gasteiger partial charge >= 0.3 is 0 Å². The minimum Gasteiger partial charge on any atom is -0.489 e. The van der Waals surface area contributed by atoms with Crippen molar-refractivity contribution in [3.05, 3.63) is 114 Å². The number of hydrogen-bond donors (Lipinski definition) is 1. The molecule has 0 aliphatic heterocycles. The summed E-state index contributed by atoms with van der Waals surface area (Å²) in [5, 5.41) is 5.17. The van der Waals surface area contributed by atoms with Gasteiger partial charge in [0.25, 0.3) is 5.91 Å². The topological polar surface area (TPSA) is 56.1 Å². The Kier molecular flexibility index (Phi) is 5.83. The van der Waals surface area contributed by atoms with Gasteiger partial charge in [0.2, 0.25) is 0 Å². The molecule has 34 heavy (non-hydrogen) atoms. The average Bonchev–Trinajstić information content (AvgIpc) is 3.21. The minimum absolute atomic E-state index is 0.160. The van der Waals surface area contributed by atoms with E-state index < -0.39 is 0 Å². The maximum Gasteiger partial charge on any atom is 0.255 e. The van der Waals surface area contributed by atoms with Gasteiger partial charge in [-0.3, -0.25) is 4.79 Å². The highest BCUT2D eigenvalue weighted by Crippen LogP contribution is 2.27. The van der Waals surface area contributed by atoms with E-state index in [0.717, 1.165) is 44.9 Å². The number of carbonyl (C=O) groups excluding carboxylic acids is 1. The van der Waals surface area contributed by atoms with E-state index in [1.165, 1.54) is 0 Å². The largest absolute Gasteiger partial charge is 0.489 e. The van der Waals surface area contributed by atoms with Crippen molar-refractivity contribution in [1.29, 1.82) is 0 Å². The molecular formula is C29H25N3O2. The Labute approximate surface area is 198 Å². The van der Waals surface area contributed by atoms with Crippen LogP contribution in [-0.4, -0.2) is 15.5 Å². The summed E-state index contributed by atoms with van der Waals surface area (Å²) in [6.45, 7) is 2.48. The van der Waals surface area contributed by atoms with E-state index in [1.807, 2.05) is 80.8 Å². The van der Waals surface area contributed by atoms with Gasteiger partial charge in [0, 0.05) is 23.9 Å². The van der Waals surface area contributed by atoms with Crippen molar-refractivity contribution in [3.63, 3.8) is 0 Å². The summed E-state index contributed by atoms with van der Waals surface area (Å²) in [6.07, 6.45) is 1.88. The van der Waals surface area contributed by atoms with Gasteiger partial charge in [-0.05, 0) is 65.7 Å². The Morgan fingerprint density at radius 2 is 1.68 bits per heavy atom. The van der Waals surface area contributed by atoms with Gasteiger partial charge in [-0.2, -0.15) is 0 Å². The smallest absolute Gasteiger partial charge is 0.255 e. The summed E-state index contributed by atoms with van der Waals surface area (Å²) in [7, 11) is 2.01. The molecule has 0 fully saturated rings. The molecule has 0 aliphatic carbocycles. The summed E-state index contributed by atoms with van der Waals surface area (Å²) in [6, 6.07) is 29.4. The van der Waals surface area contributed by atoms with Crippen molar-refractivity contribution in [2.75, 3.05) is 5.32 Å². The SMILES string of the molecule is Cc1ncc(-c2ccc3ccc(NC(=O)c4ccc(OCc5ccccc5)cc4)cc3c2)n1C. The van der Waals surface area contributed by atoms with E-state index >= 15 is 0 Å². The zero-order valence-electron chi connectivity index (χ0n) is 19.2. The number of anilines is 1. The monoisotopic (exact) mass is 447 g/mol. The van der Waals surface area contributed by atoms with Crippen molar-refractivity contribution < 1.29 is 9.53 Å². The van der Waals surface area contributed by atoms with E-state index in [0.29, 0.717) is 12.2 Å². The highest BCUT2D eigenvalue weighted by Gasteiger charge is 2.09. The highest BCUT2D eigenvalue weighted by molar-refractivity contribution is 6.05. The van der Waals surface area contributed by atoms with Crippen LogP contribution in [0.5, 0.6) is 5.75 Å². The number of carbonyl (C=O) groups is 1. The molecule has 0 bridgehead atoms. The van der Waals surface area contributed by atoms with Crippen LogP contribution in [-0.2, 0) is 13.7 Å². The summed E-state index contributed by atoms with van der Waals surface area (Å²) in [4.78, 5) is 17.2. The zero-order chi connectivity index (χ0) is 23.5.